The molecule has 0 spiro atoms. The number of hydrogen-bond acceptors (Lipinski definition) is 5. The summed E-state index contributed by atoms with van der Waals surface area (Å²) >= 11 is 0. The summed E-state index contributed by atoms with van der Waals surface area (Å²) in [5.74, 6) is -0.0788. The van der Waals surface area contributed by atoms with Crippen LogP contribution in [0.25, 0.3) is 11.5 Å². The number of likely N-dealkylation sites (N-methyl/N-ethyl adjacent to an activating group) is 1. The van der Waals surface area contributed by atoms with Crippen molar-refractivity contribution in [2.24, 2.45) is 0 Å². The number of carbonyl (C=O) groups excluding carboxylic acids is 2. The second kappa shape index (κ2) is 7.03. The van der Waals surface area contributed by atoms with Gasteiger partial charge in [0.25, 0.3) is 0 Å². The van der Waals surface area contributed by atoms with Crippen LogP contribution in [0.5, 0.6) is 0 Å². The minimum absolute atomic E-state index is 0.124. The summed E-state index contributed by atoms with van der Waals surface area (Å²) in [5.41, 5.74) is 2.33. The number of hydrogen-bond donors (Lipinski definition) is 1. The maximum atomic E-state index is 12.9. The zero-order chi connectivity index (χ0) is 18.8. The van der Waals surface area contributed by atoms with Crippen molar-refractivity contribution < 1.29 is 14.0 Å². The van der Waals surface area contributed by atoms with Gasteiger partial charge in [-0.2, -0.15) is 0 Å². The molecule has 27 heavy (non-hydrogen) atoms. The quantitative estimate of drug-likeness (QED) is 0.771. The van der Waals surface area contributed by atoms with Crippen molar-refractivity contribution in [1.82, 2.24) is 15.1 Å². The summed E-state index contributed by atoms with van der Waals surface area (Å²) in [4.78, 5) is 26.4. The third-order valence-electron chi connectivity index (χ3n) is 4.53. The molecule has 0 saturated carbocycles. The van der Waals surface area contributed by atoms with Gasteiger partial charge in [0.2, 0.25) is 23.6 Å². The fourth-order valence-electron chi connectivity index (χ4n) is 3.19. The van der Waals surface area contributed by atoms with E-state index in [1.165, 1.54) is 4.90 Å². The number of amides is 2. The molecule has 0 saturated heterocycles. The lowest BCUT2D eigenvalue weighted by Crippen LogP contribution is -2.36. The average Bonchev–Trinajstić information content (AvgIpc) is 3.16. The molecule has 0 aliphatic carbocycles. The number of nitrogens with one attached hydrogen (secondary N) is 1. The first-order valence-electron chi connectivity index (χ1n) is 8.63. The summed E-state index contributed by atoms with van der Waals surface area (Å²) in [6.45, 7) is 0.180. The average molecular weight is 362 g/mol. The maximum absolute atomic E-state index is 12.9. The van der Waals surface area contributed by atoms with Crippen molar-refractivity contribution in [3.8, 4) is 11.5 Å². The molecule has 1 aliphatic rings. The van der Waals surface area contributed by atoms with Gasteiger partial charge in [-0.15, -0.1) is 10.2 Å². The molecule has 1 unspecified atom stereocenters. The van der Waals surface area contributed by atoms with E-state index in [1.807, 2.05) is 48.5 Å². The SMILES string of the molecule is CN(Cc1nnc(-c2ccccc2)o1)C(=O)C1CC(=O)Nc2ccccc21. The largest absolute Gasteiger partial charge is 0.419 e. The molecule has 4 rings (SSSR count). The third kappa shape index (κ3) is 3.44. The number of carbonyl (C=O) groups is 2. The van der Waals surface area contributed by atoms with Gasteiger partial charge < -0.3 is 14.6 Å². The molecular formula is C20H18N4O3. The Bertz CT molecular complexity index is 984. The Labute approximate surface area is 156 Å². The first-order chi connectivity index (χ1) is 13.1. The standard InChI is InChI=1S/C20H18N4O3/c1-24(12-18-22-23-19(27-18)13-7-3-2-4-8-13)20(26)15-11-17(25)21-16-10-6-5-9-14(15)16/h2-10,15H,11-12H2,1H3,(H,21,25). The van der Waals surface area contributed by atoms with Gasteiger partial charge in [-0.1, -0.05) is 36.4 Å². The van der Waals surface area contributed by atoms with E-state index in [0.717, 1.165) is 11.1 Å². The van der Waals surface area contributed by atoms with Crippen LogP contribution in [0, 0.1) is 0 Å². The van der Waals surface area contributed by atoms with Crippen LogP contribution in [0.2, 0.25) is 0 Å². The van der Waals surface area contributed by atoms with Crippen LogP contribution in [0.3, 0.4) is 0 Å². The Kier molecular flexibility index (Phi) is 4.42. The van der Waals surface area contributed by atoms with Gasteiger partial charge in [-0.05, 0) is 23.8 Å². The van der Waals surface area contributed by atoms with Crippen LogP contribution in [-0.2, 0) is 16.1 Å². The topological polar surface area (TPSA) is 88.3 Å². The van der Waals surface area contributed by atoms with Gasteiger partial charge in [0.1, 0.15) is 0 Å². The van der Waals surface area contributed by atoms with Crippen LogP contribution in [0.1, 0.15) is 23.8 Å². The predicted molar refractivity (Wildman–Crippen MR) is 98.6 cm³/mol. The Morgan fingerprint density at radius 2 is 1.89 bits per heavy atom. The van der Waals surface area contributed by atoms with E-state index in [-0.39, 0.29) is 24.8 Å². The van der Waals surface area contributed by atoms with Crippen molar-refractivity contribution in [3.63, 3.8) is 0 Å². The Morgan fingerprint density at radius 3 is 2.70 bits per heavy atom. The number of fused-ring (bicyclic) bond motifs is 1. The van der Waals surface area contributed by atoms with E-state index in [2.05, 4.69) is 15.5 Å². The third-order valence-corrected chi connectivity index (χ3v) is 4.53. The highest BCUT2D eigenvalue weighted by molar-refractivity contribution is 6.01. The van der Waals surface area contributed by atoms with Gasteiger partial charge >= 0.3 is 0 Å². The first kappa shape index (κ1) is 17.0. The zero-order valence-electron chi connectivity index (χ0n) is 14.8. The van der Waals surface area contributed by atoms with E-state index in [4.69, 9.17) is 4.42 Å². The molecule has 1 aromatic heterocycles. The van der Waals surface area contributed by atoms with Crippen LogP contribution < -0.4 is 5.32 Å². The molecule has 2 amide bonds. The molecule has 0 bridgehead atoms. The molecule has 7 nitrogen and oxygen atoms in total. The van der Waals surface area contributed by atoms with E-state index in [1.54, 1.807) is 13.1 Å². The molecule has 0 fully saturated rings. The molecule has 1 atom stereocenters. The van der Waals surface area contributed by atoms with Crippen LogP contribution in [0.15, 0.2) is 59.0 Å². The lowest BCUT2D eigenvalue weighted by molar-refractivity contribution is -0.134. The second-order valence-corrected chi connectivity index (χ2v) is 6.45. The molecule has 1 aliphatic heterocycles. The Hall–Kier alpha value is -3.48. The number of rotatable bonds is 4. The number of benzene rings is 2. The first-order valence-corrected chi connectivity index (χ1v) is 8.63. The normalized spacial score (nSPS) is 15.7. The number of nitrogens with zero attached hydrogens (tertiary/aromatic N) is 3. The summed E-state index contributed by atoms with van der Waals surface area (Å²) in [5, 5.41) is 10.9. The molecule has 1 N–H and O–H groups in total. The predicted octanol–water partition coefficient (Wildman–Crippen LogP) is 2.82. The van der Waals surface area contributed by atoms with Gasteiger partial charge in [0.15, 0.2) is 0 Å². The van der Waals surface area contributed by atoms with E-state index in [9.17, 15) is 9.59 Å². The summed E-state index contributed by atoms with van der Waals surface area (Å²) in [7, 11) is 1.67. The highest BCUT2D eigenvalue weighted by atomic mass is 16.4. The number of anilines is 1. The highest BCUT2D eigenvalue weighted by Gasteiger charge is 2.32. The van der Waals surface area contributed by atoms with Crippen LogP contribution in [0.4, 0.5) is 5.69 Å². The van der Waals surface area contributed by atoms with Crippen LogP contribution >= 0.6 is 0 Å². The fourth-order valence-corrected chi connectivity index (χ4v) is 3.19. The van der Waals surface area contributed by atoms with Crippen molar-refractivity contribution in [2.75, 3.05) is 12.4 Å². The van der Waals surface area contributed by atoms with Crippen molar-refractivity contribution in [3.05, 3.63) is 66.1 Å². The zero-order valence-corrected chi connectivity index (χ0v) is 14.8. The van der Waals surface area contributed by atoms with Gasteiger partial charge in [0, 0.05) is 24.7 Å². The molecule has 7 heteroatoms. The van der Waals surface area contributed by atoms with Crippen LogP contribution in [-0.4, -0.2) is 34.0 Å². The van der Waals surface area contributed by atoms with Gasteiger partial charge in [0.05, 0.1) is 12.5 Å². The van der Waals surface area contributed by atoms with E-state index >= 15 is 0 Å². The smallest absolute Gasteiger partial charge is 0.247 e. The summed E-state index contributed by atoms with van der Waals surface area (Å²) in [6.07, 6.45) is 0.124. The maximum Gasteiger partial charge on any atom is 0.247 e. The second-order valence-electron chi connectivity index (χ2n) is 6.45. The molecule has 0 radical (unpaired) electrons. The lowest BCUT2D eigenvalue weighted by Gasteiger charge is -2.27. The molecule has 3 aromatic rings. The molecule has 2 aromatic carbocycles. The molecule has 136 valence electrons. The number of para-hydroxylation sites is 1. The van der Waals surface area contributed by atoms with Crippen molar-refractivity contribution in [1.29, 1.82) is 0 Å². The van der Waals surface area contributed by atoms with E-state index in [0.29, 0.717) is 17.5 Å². The van der Waals surface area contributed by atoms with Gasteiger partial charge in [-0.25, -0.2) is 0 Å². The summed E-state index contributed by atoms with van der Waals surface area (Å²) in [6, 6.07) is 16.8. The fraction of sp³-hybridized carbons (Fsp3) is 0.200. The minimum atomic E-state index is -0.517. The van der Waals surface area contributed by atoms with Gasteiger partial charge in [-0.3, -0.25) is 9.59 Å². The van der Waals surface area contributed by atoms with Crippen molar-refractivity contribution >= 4 is 17.5 Å². The Morgan fingerprint density at radius 1 is 1.15 bits per heavy atom. The molecule has 2 heterocycles. The van der Waals surface area contributed by atoms with E-state index < -0.39 is 5.92 Å². The highest BCUT2D eigenvalue weighted by Crippen LogP contribution is 2.33. The molecular weight excluding hydrogens is 344 g/mol. The Balaban J connectivity index is 1.51. The summed E-state index contributed by atoms with van der Waals surface area (Å²) < 4.78 is 5.67. The number of aromatic nitrogens is 2. The van der Waals surface area contributed by atoms with Crippen molar-refractivity contribution in [2.45, 2.75) is 18.9 Å². The lowest BCUT2D eigenvalue weighted by atomic mass is 9.89. The minimum Gasteiger partial charge on any atom is -0.419 e. The monoisotopic (exact) mass is 362 g/mol.